The van der Waals surface area contributed by atoms with Gasteiger partial charge < -0.3 is 14.9 Å². The van der Waals surface area contributed by atoms with Crippen molar-refractivity contribution in [3.8, 4) is 33.9 Å². The highest BCUT2D eigenvalue weighted by atomic mass is 16.5. The molecule has 40 heavy (non-hydrogen) atoms. The third-order valence-corrected chi connectivity index (χ3v) is 10.5. The lowest BCUT2D eigenvalue weighted by Gasteiger charge is -2.63. The summed E-state index contributed by atoms with van der Waals surface area (Å²) in [5.41, 5.74) is 6.74. The molecule has 3 aliphatic carbocycles. The number of nitrogens with zero attached hydrogens (tertiary/aromatic N) is 2. The summed E-state index contributed by atoms with van der Waals surface area (Å²) < 4.78 is 6.82. The molecular weight excluding hydrogens is 496 g/mol. The predicted octanol–water partition coefficient (Wildman–Crippen LogP) is 5.82. The summed E-state index contributed by atoms with van der Waals surface area (Å²) in [5.74, 6) is 1.46. The largest absolute Gasteiger partial charge is 0.504 e. The summed E-state index contributed by atoms with van der Waals surface area (Å²) in [5, 5.41) is 24.2. The number of piperidine rings is 1. The van der Waals surface area contributed by atoms with Crippen LogP contribution in [-0.2, 0) is 18.3 Å². The lowest BCUT2D eigenvalue weighted by molar-refractivity contribution is -0.173. The summed E-state index contributed by atoms with van der Waals surface area (Å²) in [7, 11) is 0. The summed E-state index contributed by atoms with van der Waals surface area (Å²) in [6.07, 6.45) is 4.21. The molecule has 1 spiro atoms. The van der Waals surface area contributed by atoms with Crippen molar-refractivity contribution in [1.29, 1.82) is 0 Å². The quantitative estimate of drug-likeness (QED) is 0.350. The van der Waals surface area contributed by atoms with Crippen molar-refractivity contribution in [2.45, 2.75) is 55.3 Å². The number of pyridine rings is 1. The molecule has 5 nitrogen and oxygen atoms in total. The molecule has 4 atom stereocenters. The van der Waals surface area contributed by atoms with Gasteiger partial charge in [0.25, 0.3) is 0 Å². The van der Waals surface area contributed by atoms with Gasteiger partial charge in [0.1, 0.15) is 0 Å². The van der Waals surface area contributed by atoms with E-state index in [2.05, 4.69) is 53.4 Å². The Morgan fingerprint density at radius 2 is 1.70 bits per heavy atom. The van der Waals surface area contributed by atoms with Crippen molar-refractivity contribution < 1.29 is 14.9 Å². The molecule has 0 amide bonds. The van der Waals surface area contributed by atoms with Crippen LogP contribution in [0.4, 0.5) is 0 Å². The normalized spacial score (nSPS) is 29.4. The maximum atomic E-state index is 13.2. The van der Waals surface area contributed by atoms with E-state index in [9.17, 15) is 10.2 Å². The van der Waals surface area contributed by atoms with Crippen LogP contribution in [0.25, 0.3) is 22.4 Å². The van der Waals surface area contributed by atoms with Gasteiger partial charge in [0.15, 0.2) is 17.6 Å². The van der Waals surface area contributed by atoms with Gasteiger partial charge in [-0.2, -0.15) is 0 Å². The van der Waals surface area contributed by atoms with E-state index in [1.807, 2.05) is 24.3 Å². The highest BCUT2D eigenvalue weighted by Crippen LogP contribution is 2.69. The minimum atomic E-state index is -1.02. The smallest absolute Gasteiger partial charge is 0.166 e. The first-order valence-corrected chi connectivity index (χ1v) is 14.7. The first-order valence-electron chi connectivity index (χ1n) is 14.7. The van der Waals surface area contributed by atoms with Gasteiger partial charge in [-0.15, -0.1) is 0 Å². The van der Waals surface area contributed by atoms with Crippen LogP contribution >= 0.6 is 0 Å². The molecule has 5 heteroatoms. The van der Waals surface area contributed by atoms with Crippen molar-refractivity contribution in [3.05, 3.63) is 101 Å². The number of rotatable bonds is 4. The summed E-state index contributed by atoms with van der Waals surface area (Å²) in [6, 6.07) is 26.8. The zero-order chi connectivity index (χ0) is 26.6. The number of aromatic nitrogens is 1. The van der Waals surface area contributed by atoms with Gasteiger partial charge in [-0.25, -0.2) is 4.98 Å². The van der Waals surface area contributed by atoms with Gasteiger partial charge in [0.2, 0.25) is 0 Å². The maximum Gasteiger partial charge on any atom is 0.166 e. The lowest BCUT2D eigenvalue weighted by Crippen LogP contribution is -2.74. The maximum absolute atomic E-state index is 13.2. The van der Waals surface area contributed by atoms with Crippen LogP contribution < -0.4 is 4.74 Å². The minimum Gasteiger partial charge on any atom is -0.504 e. The second-order valence-electron chi connectivity index (χ2n) is 12.6. The number of aromatic hydroxyl groups is 1. The lowest BCUT2D eigenvalue weighted by atomic mass is 9.48. The number of hydrogen-bond donors (Lipinski definition) is 2. The third kappa shape index (κ3) is 2.92. The Labute approximate surface area is 234 Å². The van der Waals surface area contributed by atoms with E-state index in [0.717, 1.165) is 71.1 Å². The molecule has 2 unspecified atom stereocenters. The molecule has 2 N–H and O–H groups in total. The number of ether oxygens (including phenoxy) is 1. The Balaban J connectivity index is 1.32. The monoisotopic (exact) mass is 528 g/mol. The minimum absolute atomic E-state index is 0.00140. The molecule has 3 aromatic carbocycles. The number of likely N-dealkylation sites (tertiary alicyclic amines) is 1. The molecule has 1 saturated heterocycles. The van der Waals surface area contributed by atoms with Crippen molar-refractivity contribution in [2.75, 3.05) is 13.1 Å². The van der Waals surface area contributed by atoms with E-state index in [0.29, 0.717) is 12.2 Å². The Morgan fingerprint density at radius 1 is 0.950 bits per heavy atom. The van der Waals surface area contributed by atoms with Gasteiger partial charge >= 0.3 is 0 Å². The molecule has 3 heterocycles. The fraction of sp³-hybridized carbons (Fsp3) is 0.343. The molecule has 5 aliphatic rings. The van der Waals surface area contributed by atoms with E-state index in [1.54, 1.807) is 6.07 Å². The molecule has 9 rings (SSSR count). The predicted molar refractivity (Wildman–Crippen MR) is 153 cm³/mol. The average molecular weight is 529 g/mol. The number of aliphatic hydroxyl groups is 1. The van der Waals surface area contributed by atoms with Crippen LogP contribution in [0.5, 0.6) is 11.5 Å². The number of phenols is 1. The highest BCUT2D eigenvalue weighted by molar-refractivity contribution is 5.77. The van der Waals surface area contributed by atoms with Crippen LogP contribution in [0.2, 0.25) is 0 Å². The number of hydrogen-bond acceptors (Lipinski definition) is 5. The van der Waals surface area contributed by atoms with Crippen molar-refractivity contribution in [3.63, 3.8) is 0 Å². The van der Waals surface area contributed by atoms with Gasteiger partial charge in [0, 0.05) is 30.1 Å². The molecule has 1 aromatic heterocycles. The third-order valence-electron chi connectivity index (χ3n) is 10.5. The number of phenolic OH excluding ortho intramolecular Hbond substituents is 1. The van der Waals surface area contributed by atoms with E-state index in [4.69, 9.17) is 9.72 Å². The summed E-state index contributed by atoms with van der Waals surface area (Å²) in [6.45, 7) is 1.98. The molecule has 4 aromatic rings. The fourth-order valence-corrected chi connectivity index (χ4v) is 8.55. The van der Waals surface area contributed by atoms with E-state index in [-0.39, 0.29) is 11.8 Å². The first kappa shape index (κ1) is 23.1. The van der Waals surface area contributed by atoms with Crippen LogP contribution in [0, 0.1) is 5.92 Å². The van der Waals surface area contributed by atoms with Crippen LogP contribution in [0.15, 0.2) is 78.9 Å². The van der Waals surface area contributed by atoms with E-state index >= 15 is 0 Å². The summed E-state index contributed by atoms with van der Waals surface area (Å²) >= 11 is 0. The van der Waals surface area contributed by atoms with E-state index in [1.165, 1.54) is 18.4 Å². The zero-order valence-electron chi connectivity index (χ0n) is 22.4. The Hall–Kier alpha value is -3.67. The average Bonchev–Trinajstić information content (AvgIpc) is 3.73. The Bertz CT molecular complexity index is 1670. The van der Waals surface area contributed by atoms with Crippen molar-refractivity contribution in [1.82, 2.24) is 9.88 Å². The molecule has 2 bridgehead atoms. The van der Waals surface area contributed by atoms with Gasteiger partial charge in [0.05, 0.1) is 22.4 Å². The van der Waals surface area contributed by atoms with Crippen molar-refractivity contribution >= 4 is 0 Å². The highest BCUT2D eigenvalue weighted by Gasteiger charge is 2.73. The van der Waals surface area contributed by atoms with Gasteiger partial charge in [-0.05, 0) is 72.5 Å². The van der Waals surface area contributed by atoms with Crippen LogP contribution in [0.3, 0.4) is 0 Å². The number of fused-ring (bicyclic) bond motifs is 2. The SMILES string of the molecule is Oc1ccc2c3c1O[C@H]1c4nc(-c5ccccc5)cc(-c5ccccc5)c4C[C@@]4(O)C(C2)N(CC2CC2)CCC314. The van der Waals surface area contributed by atoms with Crippen molar-refractivity contribution in [2.24, 2.45) is 5.92 Å². The second-order valence-corrected chi connectivity index (χ2v) is 12.6. The molecule has 2 fully saturated rings. The fourth-order valence-electron chi connectivity index (χ4n) is 8.55. The summed E-state index contributed by atoms with van der Waals surface area (Å²) in [4.78, 5) is 7.91. The van der Waals surface area contributed by atoms with E-state index < -0.39 is 17.1 Å². The molecule has 2 aliphatic heterocycles. The zero-order valence-corrected chi connectivity index (χ0v) is 22.4. The first-order chi connectivity index (χ1) is 19.6. The second kappa shape index (κ2) is 7.96. The molecule has 0 radical (unpaired) electrons. The van der Waals surface area contributed by atoms with Gasteiger partial charge in [-0.3, -0.25) is 4.90 Å². The number of benzene rings is 3. The van der Waals surface area contributed by atoms with Crippen LogP contribution in [0.1, 0.15) is 47.8 Å². The molecule has 1 saturated carbocycles. The Kier molecular flexibility index (Phi) is 4.59. The molecule has 200 valence electrons. The van der Waals surface area contributed by atoms with Crippen LogP contribution in [-0.4, -0.2) is 44.8 Å². The topological polar surface area (TPSA) is 65.8 Å². The van der Waals surface area contributed by atoms with Gasteiger partial charge in [-0.1, -0.05) is 66.7 Å². The molecular formula is C35H32N2O3. The Morgan fingerprint density at radius 3 is 2.45 bits per heavy atom. The standard InChI is InChI=1S/C35H32N2O3/c38-28-14-13-24-17-29-35(39)19-26-25(22-7-3-1-4-8-22)18-27(23-9-5-2-6-10-23)36-31(26)33-34(35,30(24)32(28)40-33)15-16-37(29)20-21-11-12-21/h1-10,13-14,18,21,29,33,38-39H,11-12,15-17,19-20H2/t29?,33-,34?,35+/m0/s1.